The molecule has 0 heterocycles. The van der Waals surface area contributed by atoms with Crippen LogP contribution in [0.5, 0.6) is 0 Å². The zero-order valence-corrected chi connectivity index (χ0v) is 11.2. The molecule has 0 saturated heterocycles. The van der Waals surface area contributed by atoms with Crippen LogP contribution in [0.15, 0.2) is 18.2 Å². The third kappa shape index (κ3) is 3.70. The summed E-state index contributed by atoms with van der Waals surface area (Å²) in [5, 5.41) is 20.7. The van der Waals surface area contributed by atoms with Gasteiger partial charge in [0.15, 0.2) is 0 Å². The highest BCUT2D eigenvalue weighted by Crippen LogP contribution is 2.31. The summed E-state index contributed by atoms with van der Waals surface area (Å²) in [5.41, 5.74) is 0.990. The maximum atomic E-state index is 11.2. The third-order valence-electron chi connectivity index (χ3n) is 2.79. The fourth-order valence-electron chi connectivity index (χ4n) is 1.88. The Balaban J connectivity index is 3.25. The molecule has 102 valence electrons. The van der Waals surface area contributed by atoms with E-state index in [-0.39, 0.29) is 5.69 Å². The van der Waals surface area contributed by atoms with Crippen LogP contribution in [-0.2, 0) is 0 Å². The summed E-state index contributed by atoms with van der Waals surface area (Å²) in [6, 6.07) is 4.73. The number of aliphatic hydroxyl groups excluding tert-OH is 1. The number of rotatable bonds is 6. The maximum Gasteiger partial charge on any atom is 0.292 e. The molecule has 19 heavy (non-hydrogen) atoms. The van der Waals surface area contributed by atoms with Gasteiger partial charge in [-0.1, -0.05) is 18.9 Å². The van der Waals surface area contributed by atoms with Crippen molar-refractivity contribution in [1.82, 2.24) is 0 Å². The van der Waals surface area contributed by atoms with E-state index in [4.69, 9.17) is 6.42 Å². The highest BCUT2D eigenvalue weighted by molar-refractivity contribution is 5.65. The van der Waals surface area contributed by atoms with E-state index in [1.165, 1.54) is 6.07 Å². The molecule has 0 fully saturated rings. The summed E-state index contributed by atoms with van der Waals surface area (Å²) in [7, 11) is 0. The largest absolute Gasteiger partial charge is 0.389 e. The van der Waals surface area contributed by atoms with E-state index in [0.29, 0.717) is 24.3 Å². The number of aliphatic hydroxyl groups is 1. The summed E-state index contributed by atoms with van der Waals surface area (Å²) in [6.07, 6.45) is 5.41. The Hall–Kier alpha value is -2.06. The van der Waals surface area contributed by atoms with Crippen molar-refractivity contribution in [2.24, 2.45) is 0 Å². The van der Waals surface area contributed by atoms with Crippen molar-refractivity contribution >= 4 is 11.4 Å². The molecule has 1 atom stereocenters. The van der Waals surface area contributed by atoms with Gasteiger partial charge in [-0.15, -0.1) is 6.42 Å². The number of benzene rings is 1. The average Bonchev–Trinajstić information content (AvgIpc) is 2.37. The number of terminal acetylenes is 1. The van der Waals surface area contributed by atoms with Gasteiger partial charge in [-0.05, 0) is 25.0 Å². The highest BCUT2D eigenvalue weighted by Gasteiger charge is 2.20. The number of nitro benzene ring substituents is 1. The Morgan fingerprint density at radius 3 is 2.74 bits per heavy atom. The average molecular weight is 262 g/mol. The summed E-state index contributed by atoms with van der Waals surface area (Å²) in [6.45, 7) is 4.53. The minimum Gasteiger partial charge on any atom is -0.389 e. The molecule has 0 bridgehead atoms. The molecule has 0 aliphatic heterocycles. The van der Waals surface area contributed by atoms with Crippen LogP contribution in [0, 0.1) is 22.5 Å². The van der Waals surface area contributed by atoms with Crippen molar-refractivity contribution in [3.05, 3.63) is 33.9 Å². The number of hydrogen-bond acceptors (Lipinski definition) is 4. The molecule has 0 spiro atoms. The second-order valence-electron chi connectivity index (χ2n) is 4.31. The van der Waals surface area contributed by atoms with E-state index in [2.05, 4.69) is 5.92 Å². The molecule has 1 aromatic carbocycles. The molecule has 0 amide bonds. The normalized spacial score (nSPS) is 11.7. The first kappa shape index (κ1) is 15.0. The SMILES string of the molecule is C#CCN(CCC)c1ccc(C(C)O)cc1[N+](=O)[O-]. The molecule has 0 saturated carbocycles. The summed E-state index contributed by atoms with van der Waals surface area (Å²) in [5.74, 6) is 2.51. The van der Waals surface area contributed by atoms with E-state index in [9.17, 15) is 15.2 Å². The maximum absolute atomic E-state index is 11.2. The lowest BCUT2D eigenvalue weighted by atomic mass is 10.1. The smallest absolute Gasteiger partial charge is 0.292 e. The van der Waals surface area contributed by atoms with Crippen LogP contribution in [0.3, 0.4) is 0 Å². The predicted octanol–water partition coefficient (Wildman–Crippen LogP) is 2.50. The molecule has 5 nitrogen and oxygen atoms in total. The Labute approximate surface area is 113 Å². The van der Waals surface area contributed by atoms with Gasteiger partial charge in [0.2, 0.25) is 0 Å². The summed E-state index contributed by atoms with van der Waals surface area (Å²) < 4.78 is 0. The topological polar surface area (TPSA) is 66.6 Å². The van der Waals surface area contributed by atoms with Gasteiger partial charge >= 0.3 is 0 Å². The van der Waals surface area contributed by atoms with Crippen LogP contribution in [0.4, 0.5) is 11.4 Å². The molecule has 5 heteroatoms. The molecule has 1 rings (SSSR count). The van der Waals surface area contributed by atoms with E-state index in [0.717, 1.165) is 6.42 Å². The fraction of sp³-hybridized carbons (Fsp3) is 0.429. The van der Waals surface area contributed by atoms with Crippen LogP contribution in [-0.4, -0.2) is 23.1 Å². The first-order valence-electron chi connectivity index (χ1n) is 6.16. The minimum absolute atomic E-state index is 0.0258. The van der Waals surface area contributed by atoms with Gasteiger partial charge in [-0.2, -0.15) is 0 Å². The fourth-order valence-corrected chi connectivity index (χ4v) is 1.88. The number of anilines is 1. The van der Waals surface area contributed by atoms with Crippen molar-refractivity contribution in [3.63, 3.8) is 0 Å². The first-order valence-corrected chi connectivity index (χ1v) is 6.16. The van der Waals surface area contributed by atoms with Gasteiger partial charge in [0.05, 0.1) is 17.6 Å². The zero-order chi connectivity index (χ0) is 14.4. The number of nitrogens with zero attached hydrogens (tertiary/aromatic N) is 2. The van der Waals surface area contributed by atoms with Crippen LogP contribution in [0.25, 0.3) is 0 Å². The quantitative estimate of drug-likeness (QED) is 0.486. The molecule has 1 aromatic rings. The molecule has 0 aromatic heterocycles. The first-order chi connectivity index (χ1) is 9.01. The Bertz CT molecular complexity index is 492. The van der Waals surface area contributed by atoms with Gasteiger partial charge in [0.25, 0.3) is 5.69 Å². The lowest BCUT2D eigenvalue weighted by molar-refractivity contribution is -0.384. The lowest BCUT2D eigenvalue weighted by Gasteiger charge is -2.22. The Morgan fingerprint density at radius 1 is 1.58 bits per heavy atom. The Kier molecular flexibility index (Phi) is 5.34. The number of hydrogen-bond donors (Lipinski definition) is 1. The predicted molar refractivity (Wildman–Crippen MR) is 75.1 cm³/mol. The minimum atomic E-state index is -0.736. The molecule has 1 N–H and O–H groups in total. The summed E-state index contributed by atoms with van der Waals surface area (Å²) >= 11 is 0. The van der Waals surface area contributed by atoms with Crippen LogP contribution < -0.4 is 4.90 Å². The van der Waals surface area contributed by atoms with Gasteiger partial charge in [-0.3, -0.25) is 10.1 Å². The van der Waals surface area contributed by atoms with Crippen LogP contribution in [0.2, 0.25) is 0 Å². The lowest BCUT2D eigenvalue weighted by Crippen LogP contribution is -2.25. The third-order valence-corrected chi connectivity index (χ3v) is 2.79. The van der Waals surface area contributed by atoms with E-state index in [1.807, 2.05) is 6.92 Å². The van der Waals surface area contributed by atoms with Crippen molar-refractivity contribution in [3.8, 4) is 12.3 Å². The molecule has 1 unspecified atom stereocenters. The zero-order valence-electron chi connectivity index (χ0n) is 11.2. The standard InChI is InChI=1S/C14H18N2O3/c1-4-8-15(9-5-2)13-7-6-12(11(3)17)10-14(13)16(18)19/h1,6-7,10-11,17H,5,8-9H2,2-3H3. The molecular formula is C14H18N2O3. The molecule has 0 aliphatic carbocycles. The summed E-state index contributed by atoms with van der Waals surface area (Å²) in [4.78, 5) is 12.5. The van der Waals surface area contributed by atoms with E-state index < -0.39 is 11.0 Å². The second kappa shape index (κ2) is 6.76. The molecule has 0 aliphatic rings. The van der Waals surface area contributed by atoms with Crippen molar-refractivity contribution in [2.75, 3.05) is 18.0 Å². The molecule has 0 radical (unpaired) electrons. The Morgan fingerprint density at radius 2 is 2.26 bits per heavy atom. The van der Waals surface area contributed by atoms with E-state index >= 15 is 0 Å². The molecular weight excluding hydrogens is 244 g/mol. The van der Waals surface area contributed by atoms with Crippen LogP contribution in [0.1, 0.15) is 31.9 Å². The monoisotopic (exact) mass is 262 g/mol. The van der Waals surface area contributed by atoms with Crippen LogP contribution >= 0.6 is 0 Å². The highest BCUT2D eigenvalue weighted by atomic mass is 16.6. The van der Waals surface area contributed by atoms with Gasteiger partial charge in [0.1, 0.15) is 5.69 Å². The van der Waals surface area contributed by atoms with Crippen molar-refractivity contribution in [2.45, 2.75) is 26.4 Å². The number of nitro groups is 1. The van der Waals surface area contributed by atoms with Gasteiger partial charge < -0.3 is 10.0 Å². The second-order valence-corrected chi connectivity index (χ2v) is 4.31. The van der Waals surface area contributed by atoms with Crippen molar-refractivity contribution in [1.29, 1.82) is 0 Å². The van der Waals surface area contributed by atoms with Gasteiger partial charge in [0, 0.05) is 12.6 Å². The van der Waals surface area contributed by atoms with E-state index in [1.54, 1.807) is 24.0 Å². The van der Waals surface area contributed by atoms with Gasteiger partial charge in [-0.25, -0.2) is 0 Å². The van der Waals surface area contributed by atoms with Crippen molar-refractivity contribution < 1.29 is 10.0 Å².